The summed E-state index contributed by atoms with van der Waals surface area (Å²) in [6.45, 7) is 2.32. The van der Waals surface area contributed by atoms with Crippen molar-refractivity contribution in [3.05, 3.63) is 35.4 Å². The van der Waals surface area contributed by atoms with Gasteiger partial charge in [-0.3, -0.25) is 0 Å². The molecule has 0 aliphatic carbocycles. The number of halogens is 2. The molecule has 2 rings (SSSR count). The Bertz CT molecular complexity index is 363. The van der Waals surface area contributed by atoms with Gasteiger partial charge in [0.1, 0.15) is 0 Å². The van der Waals surface area contributed by atoms with Gasteiger partial charge in [-0.15, -0.1) is 0 Å². The zero-order valence-corrected chi connectivity index (χ0v) is 9.47. The van der Waals surface area contributed by atoms with Crippen LogP contribution in [0, 0.1) is 5.92 Å². The molecule has 1 aliphatic rings. The van der Waals surface area contributed by atoms with Gasteiger partial charge in [0, 0.05) is 12.5 Å². The van der Waals surface area contributed by atoms with Crippen molar-refractivity contribution in [2.75, 3.05) is 13.1 Å². The fraction of sp³-hybridized carbons (Fsp3) is 0.538. The Morgan fingerprint density at radius 3 is 2.75 bits per heavy atom. The fourth-order valence-electron chi connectivity index (χ4n) is 2.19. The Balaban J connectivity index is 2.08. The molecule has 88 valence electrons. The second-order valence-corrected chi connectivity index (χ2v) is 4.47. The van der Waals surface area contributed by atoms with Crippen LogP contribution in [0.4, 0.5) is 8.78 Å². The van der Waals surface area contributed by atoms with E-state index in [1.807, 2.05) is 24.3 Å². The highest BCUT2D eigenvalue weighted by Gasteiger charge is 2.43. The molecule has 1 nitrogen and oxygen atoms in total. The van der Waals surface area contributed by atoms with Gasteiger partial charge in [0.2, 0.25) is 0 Å². The summed E-state index contributed by atoms with van der Waals surface area (Å²) in [6.07, 6.45) is 1.42. The summed E-state index contributed by atoms with van der Waals surface area (Å²) in [5.74, 6) is -3.11. The van der Waals surface area contributed by atoms with Crippen molar-refractivity contribution in [3.8, 4) is 0 Å². The summed E-state index contributed by atoms with van der Waals surface area (Å²) < 4.78 is 26.8. The lowest BCUT2D eigenvalue weighted by Gasteiger charge is -2.17. The minimum Gasteiger partial charge on any atom is -0.311 e. The average Bonchev–Trinajstić information content (AvgIpc) is 2.59. The number of rotatable bonds is 3. The largest absolute Gasteiger partial charge is 0.311 e. The van der Waals surface area contributed by atoms with E-state index in [1.165, 1.54) is 5.56 Å². The lowest BCUT2D eigenvalue weighted by molar-refractivity contribution is -0.0212. The molecule has 1 aromatic rings. The van der Waals surface area contributed by atoms with Crippen LogP contribution in [0.15, 0.2) is 24.3 Å². The molecule has 0 aromatic heterocycles. The molecule has 16 heavy (non-hydrogen) atoms. The van der Waals surface area contributed by atoms with Crippen LogP contribution in [0.25, 0.3) is 0 Å². The van der Waals surface area contributed by atoms with Gasteiger partial charge >= 0.3 is 0 Å². The second-order valence-electron chi connectivity index (χ2n) is 4.47. The molecule has 1 fully saturated rings. The summed E-state index contributed by atoms with van der Waals surface area (Å²) in [5.41, 5.74) is 2.24. The lowest BCUT2D eigenvalue weighted by Crippen LogP contribution is -2.28. The Labute approximate surface area is 94.9 Å². The van der Waals surface area contributed by atoms with Gasteiger partial charge in [-0.1, -0.05) is 31.2 Å². The Hall–Kier alpha value is -0.960. The molecule has 0 saturated carbocycles. The molecule has 1 aromatic carbocycles. The van der Waals surface area contributed by atoms with E-state index in [4.69, 9.17) is 0 Å². The Morgan fingerprint density at radius 2 is 2.12 bits per heavy atom. The zero-order chi connectivity index (χ0) is 11.6. The van der Waals surface area contributed by atoms with E-state index in [0.717, 1.165) is 12.0 Å². The van der Waals surface area contributed by atoms with E-state index >= 15 is 0 Å². The van der Waals surface area contributed by atoms with Crippen LogP contribution >= 0.6 is 0 Å². The summed E-state index contributed by atoms with van der Waals surface area (Å²) in [6, 6.07) is 7.96. The predicted octanol–water partition coefficient (Wildman–Crippen LogP) is 2.65. The third-order valence-electron chi connectivity index (χ3n) is 3.23. The summed E-state index contributed by atoms with van der Waals surface area (Å²) in [7, 11) is 0. The van der Waals surface area contributed by atoms with Crippen molar-refractivity contribution in [1.29, 1.82) is 0 Å². The molecule has 0 bridgehead atoms. The quantitative estimate of drug-likeness (QED) is 0.834. The smallest absolute Gasteiger partial charge is 0.264 e. The SMILES string of the molecule is CCc1cccc(CC2CNCC2(F)F)c1. The third kappa shape index (κ3) is 2.40. The van der Waals surface area contributed by atoms with Crippen LogP contribution in [0.1, 0.15) is 18.1 Å². The van der Waals surface area contributed by atoms with E-state index in [-0.39, 0.29) is 6.54 Å². The molecule has 1 unspecified atom stereocenters. The molecular weight excluding hydrogens is 208 g/mol. The molecule has 0 spiro atoms. The van der Waals surface area contributed by atoms with Crippen molar-refractivity contribution in [3.63, 3.8) is 0 Å². The van der Waals surface area contributed by atoms with Crippen molar-refractivity contribution in [2.45, 2.75) is 25.7 Å². The minimum atomic E-state index is -2.55. The third-order valence-corrected chi connectivity index (χ3v) is 3.23. The fourth-order valence-corrected chi connectivity index (χ4v) is 2.19. The minimum absolute atomic E-state index is 0.175. The van der Waals surface area contributed by atoms with Gasteiger partial charge in [0.05, 0.1) is 6.54 Å². The average molecular weight is 225 g/mol. The van der Waals surface area contributed by atoms with E-state index in [2.05, 4.69) is 12.2 Å². The summed E-state index contributed by atoms with van der Waals surface area (Å²) in [5, 5.41) is 2.76. The number of benzene rings is 1. The molecule has 0 amide bonds. The molecule has 1 saturated heterocycles. The van der Waals surface area contributed by atoms with Crippen LogP contribution in [0.2, 0.25) is 0 Å². The van der Waals surface area contributed by atoms with E-state index in [9.17, 15) is 8.78 Å². The van der Waals surface area contributed by atoms with Crippen LogP contribution in [-0.2, 0) is 12.8 Å². The summed E-state index contributed by atoms with van der Waals surface area (Å²) in [4.78, 5) is 0. The van der Waals surface area contributed by atoms with Crippen LogP contribution in [0.3, 0.4) is 0 Å². The van der Waals surface area contributed by atoms with Crippen LogP contribution < -0.4 is 5.32 Å². The first kappa shape index (κ1) is 11.5. The number of hydrogen-bond acceptors (Lipinski definition) is 1. The van der Waals surface area contributed by atoms with E-state index in [1.54, 1.807) is 0 Å². The molecular formula is C13H17F2N. The highest BCUT2D eigenvalue weighted by molar-refractivity contribution is 5.24. The number of nitrogens with one attached hydrogen (secondary N) is 1. The van der Waals surface area contributed by atoms with Crippen molar-refractivity contribution >= 4 is 0 Å². The standard InChI is InChI=1S/C13H17F2N/c1-2-10-4-3-5-11(6-10)7-12-8-16-9-13(12,14)15/h3-6,12,16H,2,7-9H2,1H3. The van der Waals surface area contributed by atoms with Gasteiger partial charge in [-0.2, -0.15) is 0 Å². The molecule has 1 N–H and O–H groups in total. The Morgan fingerprint density at radius 1 is 1.38 bits per heavy atom. The lowest BCUT2D eigenvalue weighted by atomic mass is 9.94. The topological polar surface area (TPSA) is 12.0 Å². The van der Waals surface area contributed by atoms with Crippen LogP contribution in [0.5, 0.6) is 0 Å². The highest BCUT2D eigenvalue weighted by Crippen LogP contribution is 2.30. The first-order chi connectivity index (χ1) is 7.62. The number of hydrogen-bond donors (Lipinski definition) is 1. The molecule has 1 atom stereocenters. The molecule has 3 heteroatoms. The van der Waals surface area contributed by atoms with Gasteiger partial charge in [0.15, 0.2) is 0 Å². The maximum absolute atomic E-state index is 13.4. The maximum atomic E-state index is 13.4. The highest BCUT2D eigenvalue weighted by atomic mass is 19.3. The number of alkyl halides is 2. The van der Waals surface area contributed by atoms with Crippen molar-refractivity contribution in [2.24, 2.45) is 5.92 Å². The number of aryl methyl sites for hydroxylation is 1. The van der Waals surface area contributed by atoms with Gasteiger partial charge < -0.3 is 5.32 Å². The Kier molecular flexibility index (Phi) is 3.24. The van der Waals surface area contributed by atoms with Gasteiger partial charge in [-0.05, 0) is 24.0 Å². The molecule has 1 heterocycles. The van der Waals surface area contributed by atoms with Crippen molar-refractivity contribution < 1.29 is 8.78 Å². The zero-order valence-electron chi connectivity index (χ0n) is 9.47. The predicted molar refractivity (Wildman–Crippen MR) is 60.8 cm³/mol. The monoisotopic (exact) mass is 225 g/mol. The first-order valence-electron chi connectivity index (χ1n) is 5.78. The van der Waals surface area contributed by atoms with Crippen molar-refractivity contribution in [1.82, 2.24) is 5.32 Å². The summed E-state index contributed by atoms with van der Waals surface area (Å²) >= 11 is 0. The van der Waals surface area contributed by atoms with Gasteiger partial charge in [0.25, 0.3) is 5.92 Å². The normalized spacial score (nSPS) is 23.6. The van der Waals surface area contributed by atoms with Gasteiger partial charge in [-0.25, -0.2) is 8.78 Å². The first-order valence-corrected chi connectivity index (χ1v) is 5.78. The van der Waals surface area contributed by atoms with E-state index in [0.29, 0.717) is 13.0 Å². The maximum Gasteiger partial charge on any atom is 0.264 e. The van der Waals surface area contributed by atoms with E-state index < -0.39 is 11.8 Å². The molecule has 1 aliphatic heterocycles. The van der Waals surface area contributed by atoms with Crippen LogP contribution in [-0.4, -0.2) is 19.0 Å². The second kappa shape index (κ2) is 4.50. The molecule has 0 radical (unpaired) electrons.